The van der Waals surface area contributed by atoms with Crippen LogP contribution in [-0.2, 0) is 18.9 Å². The van der Waals surface area contributed by atoms with Crippen molar-refractivity contribution in [3.05, 3.63) is 0 Å². The number of rotatable bonds is 1. The molecular weight excluding hydrogens is 210 g/mol. The summed E-state index contributed by atoms with van der Waals surface area (Å²) in [5.41, 5.74) is 0. The molecule has 88 valence electrons. The molecule has 0 spiro atoms. The van der Waals surface area contributed by atoms with Crippen molar-refractivity contribution in [1.29, 1.82) is 0 Å². The number of ether oxygens (including phenoxy) is 4. The van der Waals surface area contributed by atoms with Gasteiger partial charge in [0, 0.05) is 7.11 Å². The first kappa shape index (κ1) is 11.2. The van der Waals surface area contributed by atoms with Crippen molar-refractivity contribution < 1.29 is 27.7 Å². The second-order valence-corrected chi connectivity index (χ2v) is 4.15. The van der Waals surface area contributed by atoms with Crippen LogP contribution in [0.5, 0.6) is 0 Å². The Morgan fingerprint density at radius 2 is 2.00 bits per heavy atom. The number of hydrogen-bond donors (Lipinski definition) is 0. The average Bonchev–Trinajstić information content (AvgIpc) is 2.48. The Balaban J connectivity index is 2.24. The summed E-state index contributed by atoms with van der Waals surface area (Å²) >= 11 is 0. The second-order valence-electron chi connectivity index (χ2n) is 4.15. The maximum Gasteiger partial charge on any atom is 0.294 e. The Kier molecular flexibility index (Phi) is 2.50. The minimum atomic E-state index is -2.60. The molecule has 0 N–H and O–H groups in total. The van der Waals surface area contributed by atoms with Gasteiger partial charge in [-0.15, -0.1) is 0 Å². The van der Waals surface area contributed by atoms with Crippen LogP contribution in [0.1, 0.15) is 13.8 Å². The molecule has 0 saturated carbocycles. The standard InChI is InChI=1S/C9H14F2O4/c1-8(2)14-5-4-13-7(10)9(11,12-3)6(5)15-8/h5-7H,4H2,1-3H3/t5-,6-,7+,9-/m1/s1. The van der Waals surface area contributed by atoms with Gasteiger partial charge in [0.2, 0.25) is 0 Å². The molecule has 0 unspecified atom stereocenters. The Labute approximate surface area is 86.4 Å². The zero-order valence-corrected chi connectivity index (χ0v) is 8.83. The normalized spacial score (nSPS) is 49.0. The molecule has 2 rings (SSSR count). The molecule has 4 atom stereocenters. The monoisotopic (exact) mass is 224 g/mol. The van der Waals surface area contributed by atoms with Crippen LogP contribution in [-0.4, -0.2) is 43.9 Å². The van der Waals surface area contributed by atoms with E-state index in [1.807, 2.05) is 0 Å². The Hall–Kier alpha value is -0.300. The van der Waals surface area contributed by atoms with Gasteiger partial charge in [0.05, 0.1) is 6.61 Å². The van der Waals surface area contributed by atoms with Crippen LogP contribution >= 0.6 is 0 Å². The third-order valence-corrected chi connectivity index (χ3v) is 2.60. The third kappa shape index (κ3) is 1.65. The summed E-state index contributed by atoms with van der Waals surface area (Å²) in [4.78, 5) is 0. The minimum Gasteiger partial charge on any atom is -0.343 e. The molecule has 4 nitrogen and oxygen atoms in total. The van der Waals surface area contributed by atoms with Gasteiger partial charge < -0.3 is 18.9 Å². The van der Waals surface area contributed by atoms with E-state index in [2.05, 4.69) is 9.47 Å². The lowest BCUT2D eigenvalue weighted by Gasteiger charge is -2.37. The highest BCUT2D eigenvalue weighted by Gasteiger charge is 2.62. The van der Waals surface area contributed by atoms with Crippen LogP contribution in [0.15, 0.2) is 0 Å². The molecule has 2 heterocycles. The molecule has 0 aromatic rings. The van der Waals surface area contributed by atoms with E-state index in [0.29, 0.717) is 0 Å². The van der Waals surface area contributed by atoms with Crippen LogP contribution in [0.2, 0.25) is 0 Å². The first-order chi connectivity index (χ1) is 6.89. The summed E-state index contributed by atoms with van der Waals surface area (Å²) in [6.07, 6.45) is -3.89. The van der Waals surface area contributed by atoms with Gasteiger partial charge in [-0.3, -0.25) is 0 Å². The van der Waals surface area contributed by atoms with Gasteiger partial charge in [0.25, 0.3) is 12.2 Å². The Bertz CT molecular complexity index is 260. The lowest BCUT2D eigenvalue weighted by Crippen LogP contribution is -2.58. The van der Waals surface area contributed by atoms with E-state index in [9.17, 15) is 8.78 Å². The maximum atomic E-state index is 14.1. The van der Waals surface area contributed by atoms with Gasteiger partial charge in [-0.2, -0.15) is 0 Å². The van der Waals surface area contributed by atoms with E-state index < -0.39 is 30.2 Å². The molecule has 6 heteroatoms. The average molecular weight is 224 g/mol. The fourth-order valence-electron chi connectivity index (χ4n) is 1.92. The smallest absolute Gasteiger partial charge is 0.294 e. The predicted molar refractivity (Wildman–Crippen MR) is 45.5 cm³/mol. The first-order valence-electron chi connectivity index (χ1n) is 4.74. The van der Waals surface area contributed by atoms with Crippen molar-refractivity contribution in [2.45, 2.75) is 44.1 Å². The van der Waals surface area contributed by atoms with Crippen molar-refractivity contribution in [3.63, 3.8) is 0 Å². The zero-order chi connectivity index (χ0) is 11.3. The first-order valence-corrected chi connectivity index (χ1v) is 4.74. The Morgan fingerprint density at radius 1 is 1.33 bits per heavy atom. The van der Waals surface area contributed by atoms with Gasteiger partial charge in [-0.1, -0.05) is 0 Å². The van der Waals surface area contributed by atoms with E-state index in [1.165, 1.54) is 0 Å². The molecule has 2 saturated heterocycles. The summed E-state index contributed by atoms with van der Waals surface area (Å²) in [5, 5.41) is 0. The van der Waals surface area contributed by atoms with E-state index in [-0.39, 0.29) is 6.61 Å². The molecule has 0 amide bonds. The van der Waals surface area contributed by atoms with E-state index in [1.54, 1.807) is 13.8 Å². The Morgan fingerprint density at radius 3 is 2.60 bits per heavy atom. The van der Waals surface area contributed by atoms with Crippen LogP contribution in [0, 0.1) is 0 Å². The van der Waals surface area contributed by atoms with Crippen molar-refractivity contribution >= 4 is 0 Å². The summed E-state index contributed by atoms with van der Waals surface area (Å²) in [5.74, 6) is -3.55. The largest absolute Gasteiger partial charge is 0.343 e. The molecular formula is C9H14F2O4. The quantitative estimate of drug-likeness (QED) is 0.669. The third-order valence-electron chi connectivity index (χ3n) is 2.60. The molecule has 15 heavy (non-hydrogen) atoms. The highest BCUT2D eigenvalue weighted by Crippen LogP contribution is 2.42. The summed E-state index contributed by atoms with van der Waals surface area (Å²) in [6.45, 7) is 3.23. The van der Waals surface area contributed by atoms with Gasteiger partial charge >= 0.3 is 0 Å². The molecule has 0 aromatic heterocycles. The summed E-state index contributed by atoms with van der Waals surface area (Å²) < 4.78 is 47.1. The van der Waals surface area contributed by atoms with E-state index in [4.69, 9.17) is 9.47 Å². The molecule has 0 bridgehead atoms. The van der Waals surface area contributed by atoms with Crippen LogP contribution in [0.3, 0.4) is 0 Å². The van der Waals surface area contributed by atoms with Crippen LogP contribution in [0.4, 0.5) is 8.78 Å². The van der Waals surface area contributed by atoms with Crippen LogP contribution in [0.25, 0.3) is 0 Å². The molecule has 2 fully saturated rings. The fourth-order valence-corrected chi connectivity index (χ4v) is 1.92. The number of hydrogen-bond acceptors (Lipinski definition) is 4. The SMILES string of the molecule is CO[C@]1(F)[C@@H]2OC(C)(C)O[C@@H]2CO[C@@H]1F. The fraction of sp³-hybridized carbons (Fsp3) is 1.00. The van der Waals surface area contributed by atoms with E-state index >= 15 is 0 Å². The van der Waals surface area contributed by atoms with Crippen LogP contribution < -0.4 is 0 Å². The number of alkyl halides is 2. The maximum absolute atomic E-state index is 14.1. The van der Waals surface area contributed by atoms with Crippen molar-refractivity contribution in [1.82, 2.24) is 0 Å². The van der Waals surface area contributed by atoms with Gasteiger partial charge in [-0.05, 0) is 13.8 Å². The highest BCUT2D eigenvalue weighted by atomic mass is 19.2. The van der Waals surface area contributed by atoms with Crippen molar-refractivity contribution in [2.24, 2.45) is 0 Å². The lowest BCUT2D eigenvalue weighted by molar-refractivity contribution is -0.322. The minimum absolute atomic E-state index is 0.0374. The zero-order valence-electron chi connectivity index (χ0n) is 8.83. The lowest BCUT2D eigenvalue weighted by atomic mass is 10.0. The summed E-state index contributed by atoms with van der Waals surface area (Å²) in [6, 6.07) is 0. The second kappa shape index (κ2) is 3.35. The molecule has 2 aliphatic rings. The topological polar surface area (TPSA) is 36.9 Å². The molecule has 0 radical (unpaired) electrons. The van der Waals surface area contributed by atoms with E-state index in [0.717, 1.165) is 7.11 Å². The molecule has 2 aliphatic heterocycles. The van der Waals surface area contributed by atoms with Gasteiger partial charge in [0.1, 0.15) is 6.10 Å². The highest BCUT2D eigenvalue weighted by molar-refractivity contribution is 4.97. The number of methoxy groups -OCH3 is 1. The summed E-state index contributed by atoms with van der Waals surface area (Å²) in [7, 11) is 1.08. The van der Waals surface area contributed by atoms with Gasteiger partial charge in [0.15, 0.2) is 11.9 Å². The van der Waals surface area contributed by atoms with Gasteiger partial charge in [-0.25, -0.2) is 8.78 Å². The number of halogens is 2. The predicted octanol–water partition coefficient (Wildman–Crippen LogP) is 1.14. The molecule has 0 aliphatic carbocycles. The van der Waals surface area contributed by atoms with Crippen molar-refractivity contribution in [2.75, 3.05) is 13.7 Å². The number of fused-ring (bicyclic) bond motifs is 1. The molecule has 0 aromatic carbocycles. The van der Waals surface area contributed by atoms with Crippen molar-refractivity contribution in [3.8, 4) is 0 Å².